The molecule has 0 spiro atoms. The zero-order valence-corrected chi connectivity index (χ0v) is 11.6. The lowest BCUT2D eigenvalue weighted by Gasteiger charge is -2.36. The third-order valence-corrected chi connectivity index (χ3v) is 3.61. The van der Waals surface area contributed by atoms with Gasteiger partial charge in [0, 0.05) is 37.6 Å². The molecule has 1 aliphatic heterocycles. The summed E-state index contributed by atoms with van der Waals surface area (Å²) in [6, 6.07) is 9.92. The Morgan fingerprint density at radius 1 is 0.952 bits per heavy atom. The van der Waals surface area contributed by atoms with Crippen molar-refractivity contribution in [2.24, 2.45) is 0 Å². The zero-order valence-electron chi connectivity index (χ0n) is 11.6. The third kappa shape index (κ3) is 2.87. The summed E-state index contributed by atoms with van der Waals surface area (Å²) >= 11 is 0. The van der Waals surface area contributed by atoms with Gasteiger partial charge in [-0.15, -0.1) is 0 Å². The SMILES string of the molecule is N#Cc1cnc(N2CCN(c3ccc(N)cc3)CC2)cn1. The minimum Gasteiger partial charge on any atom is -0.399 e. The Morgan fingerprint density at radius 3 is 2.19 bits per heavy atom. The largest absolute Gasteiger partial charge is 0.399 e. The smallest absolute Gasteiger partial charge is 0.158 e. The maximum absolute atomic E-state index is 8.74. The average molecular weight is 280 g/mol. The van der Waals surface area contributed by atoms with Crippen LogP contribution < -0.4 is 15.5 Å². The lowest BCUT2D eigenvalue weighted by Crippen LogP contribution is -2.46. The maximum atomic E-state index is 8.74. The molecule has 106 valence electrons. The highest BCUT2D eigenvalue weighted by Crippen LogP contribution is 2.20. The maximum Gasteiger partial charge on any atom is 0.158 e. The number of nitriles is 1. The second kappa shape index (κ2) is 5.67. The fraction of sp³-hybridized carbons (Fsp3) is 0.267. The second-order valence-electron chi connectivity index (χ2n) is 4.94. The van der Waals surface area contributed by atoms with Gasteiger partial charge in [-0.1, -0.05) is 0 Å². The molecule has 0 saturated carbocycles. The molecular formula is C15H16N6. The van der Waals surface area contributed by atoms with E-state index in [9.17, 15) is 0 Å². The van der Waals surface area contributed by atoms with Crippen LogP contribution in [-0.2, 0) is 0 Å². The van der Waals surface area contributed by atoms with Crippen LogP contribution in [0, 0.1) is 11.3 Å². The molecule has 0 atom stereocenters. The number of hydrogen-bond donors (Lipinski definition) is 1. The second-order valence-corrected chi connectivity index (χ2v) is 4.94. The van der Waals surface area contributed by atoms with E-state index in [1.165, 1.54) is 11.9 Å². The fourth-order valence-electron chi connectivity index (χ4n) is 2.42. The van der Waals surface area contributed by atoms with Crippen molar-refractivity contribution in [2.45, 2.75) is 0 Å². The van der Waals surface area contributed by atoms with Crippen LogP contribution in [0.2, 0.25) is 0 Å². The summed E-state index contributed by atoms with van der Waals surface area (Å²) < 4.78 is 0. The van der Waals surface area contributed by atoms with Crippen LogP contribution in [-0.4, -0.2) is 36.1 Å². The fourth-order valence-corrected chi connectivity index (χ4v) is 2.42. The molecule has 6 heteroatoms. The lowest BCUT2D eigenvalue weighted by molar-refractivity contribution is 0.646. The van der Waals surface area contributed by atoms with Gasteiger partial charge in [0.15, 0.2) is 5.69 Å². The van der Waals surface area contributed by atoms with Gasteiger partial charge >= 0.3 is 0 Å². The van der Waals surface area contributed by atoms with Gasteiger partial charge in [-0.25, -0.2) is 9.97 Å². The predicted octanol–water partition coefficient (Wildman–Crippen LogP) is 1.26. The van der Waals surface area contributed by atoms with E-state index in [-0.39, 0.29) is 0 Å². The van der Waals surface area contributed by atoms with Gasteiger partial charge in [0.25, 0.3) is 0 Å². The molecule has 21 heavy (non-hydrogen) atoms. The summed E-state index contributed by atoms with van der Waals surface area (Å²) in [4.78, 5) is 12.9. The highest BCUT2D eigenvalue weighted by atomic mass is 15.3. The van der Waals surface area contributed by atoms with Crippen molar-refractivity contribution in [3.8, 4) is 6.07 Å². The average Bonchev–Trinajstić information content (AvgIpc) is 2.56. The normalized spacial score (nSPS) is 14.8. The van der Waals surface area contributed by atoms with Crippen molar-refractivity contribution < 1.29 is 0 Å². The predicted molar refractivity (Wildman–Crippen MR) is 82.0 cm³/mol. The first kappa shape index (κ1) is 13.2. The Hall–Kier alpha value is -2.81. The summed E-state index contributed by atoms with van der Waals surface area (Å²) in [5.74, 6) is 0.825. The molecule has 6 nitrogen and oxygen atoms in total. The van der Waals surface area contributed by atoms with Gasteiger partial charge in [-0.3, -0.25) is 0 Å². The summed E-state index contributed by atoms with van der Waals surface area (Å²) in [5.41, 5.74) is 8.03. The molecule has 0 bridgehead atoms. The molecule has 1 aromatic heterocycles. The summed E-state index contributed by atoms with van der Waals surface area (Å²) in [7, 11) is 0. The number of piperazine rings is 1. The van der Waals surface area contributed by atoms with Gasteiger partial charge < -0.3 is 15.5 Å². The van der Waals surface area contributed by atoms with E-state index in [1.807, 2.05) is 30.3 Å². The molecule has 0 unspecified atom stereocenters. The van der Waals surface area contributed by atoms with Gasteiger partial charge in [-0.2, -0.15) is 5.26 Å². The Morgan fingerprint density at radius 2 is 1.62 bits per heavy atom. The van der Waals surface area contributed by atoms with Crippen LogP contribution in [0.1, 0.15) is 5.69 Å². The molecule has 1 fully saturated rings. The molecule has 1 aliphatic rings. The number of nitrogens with two attached hydrogens (primary N) is 1. The minimum atomic E-state index is 0.347. The number of hydrogen-bond acceptors (Lipinski definition) is 6. The van der Waals surface area contributed by atoms with E-state index in [0.717, 1.165) is 37.7 Å². The first-order valence-corrected chi connectivity index (χ1v) is 6.84. The lowest BCUT2D eigenvalue weighted by atomic mass is 10.2. The van der Waals surface area contributed by atoms with Crippen LogP contribution in [0.4, 0.5) is 17.2 Å². The van der Waals surface area contributed by atoms with Crippen molar-refractivity contribution in [3.63, 3.8) is 0 Å². The molecule has 1 saturated heterocycles. The first-order chi connectivity index (χ1) is 10.3. The number of nitrogen functional groups attached to an aromatic ring is 1. The van der Waals surface area contributed by atoms with Gasteiger partial charge in [0.1, 0.15) is 11.9 Å². The number of benzene rings is 1. The van der Waals surface area contributed by atoms with E-state index in [1.54, 1.807) is 6.20 Å². The number of aromatic nitrogens is 2. The van der Waals surface area contributed by atoms with Gasteiger partial charge in [0.2, 0.25) is 0 Å². The molecule has 3 rings (SSSR count). The topological polar surface area (TPSA) is 82.1 Å². The van der Waals surface area contributed by atoms with E-state index < -0.39 is 0 Å². The number of nitrogens with zero attached hydrogens (tertiary/aromatic N) is 5. The zero-order chi connectivity index (χ0) is 14.7. The standard InChI is InChI=1S/C15H16N6/c16-9-13-10-19-15(11-18-13)21-7-5-20(6-8-21)14-3-1-12(17)2-4-14/h1-4,10-11H,5-8,17H2. The molecule has 0 radical (unpaired) electrons. The van der Waals surface area contributed by atoms with Crippen molar-refractivity contribution in [1.82, 2.24) is 9.97 Å². The Bertz CT molecular complexity index is 635. The quantitative estimate of drug-likeness (QED) is 0.834. The van der Waals surface area contributed by atoms with Crippen LogP contribution in [0.5, 0.6) is 0 Å². The monoisotopic (exact) mass is 280 g/mol. The van der Waals surface area contributed by atoms with Crippen LogP contribution >= 0.6 is 0 Å². The molecule has 1 aromatic carbocycles. The third-order valence-electron chi connectivity index (χ3n) is 3.61. The van der Waals surface area contributed by atoms with E-state index >= 15 is 0 Å². The van der Waals surface area contributed by atoms with Crippen LogP contribution in [0.3, 0.4) is 0 Å². The van der Waals surface area contributed by atoms with Crippen molar-refractivity contribution in [1.29, 1.82) is 5.26 Å². The van der Waals surface area contributed by atoms with Crippen LogP contribution in [0.15, 0.2) is 36.7 Å². The van der Waals surface area contributed by atoms with Gasteiger partial charge in [-0.05, 0) is 24.3 Å². The highest BCUT2D eigenvalue weighted by molar-refractivity contribution is 5.54. The number of anilines is 3. The summed E-state index contributed by atoms with van der Waals surface area (Å²) in [5, 5.41) is 8.74. The summed E-state index contributed by atoms with van der Waals surface area (Å²) in [6.07, 6.45) is 3.18. The molecule has 0 amide bonds. The van der Waals surface area contributed by atoms with Crippen molar-refractivity contribution in [2.75, 3.05) is 41.7 Å². The molecular weight excluding hydrogens is 264 g/mol. The van der Waals surface area contributed by atoms with E-state index in [0.29, 0.717) is 5.69 Å². The molecule has 2 heterocycles. The highest BCUT2D eigenvalue weighted by Gasteiger charge is 2.18. The van der Waals surface area contributed by atoms with E-state index in [4.69, 9.17) is 11.0 Å². The van der Waals surface area contributed by atoms with Crippen molar-refractivity contribution in [3.05, 3.63) is 42.4 Å². The Kier molecular flexibility index (Phi) is 3.56. The minimum absolute atomic E-state index is 0.347. The molecule has 2 N–H and O–H groups in total. The van der Waals surface area contributed by atoms with Crippen molar-refractivity contribution >= 4 is 17.2 Å². The van der Waals surface area contributed by atoms with Gasteiger partial charge in [0.05, 0.1) is 12.4 Å². The van der Waals surface area contributed by atoms with Crippen LogP contribution in [0.25, 0.3) is 0 Å². The molecule has 0 aliphatic carbocycles. The number of rotatable bonds is 2. The van der Waals surface area contributed by atoms with E-state index in [2.05, 4.69) is 19.8 Å². The Balaban J connectivity index is 1.64. The summed E-state index contributed by atoms with van der Waals surface area (Å²) in [6.45, 7) is 3.60. The Labute approximate surface area is 123 Å². The first-order valence-electron chi connectivity index (χ1n) is 6.84. The molecule has 2 aromatic rings.